The highest BCUT2D eigenvalue weighted by molar-refractivity contribution is 7.17. The molecule has 23 heavy (non-hydrogen) atoms. The highest BCUT2D eigenvalue weighted by Gasteiger charge is 2.41. The van der Waals surface area contributed by atoms with Gasteiger partial charge in [-0.05, 0) is 55.5 Å². The van der Waals surface area contributed by atoms with E-state index in [1.54, 1.807) is 12.1 Å². The molecule has 0 bridgehead atoms. The van der Waals surface area contributed by atoms with Crippen molar-refractivity contribution in [2.75, 3.05) is 6.54 Å². The first-order valence-corrected chi connectivity index (χ1v) is 8.22. The molecule has 0 spiro atoms. The number of halogens is 2. The zero-order valence-electron chi connectivity index (χ0n) is 12.8. The summed E-state index contributed by atoms with van der Waals surface area (Å²) in [7, 11) is 0. The number of amides is 1. The molecule has 3 N–H and O–H groups in total. The van der Waals surface area contributed by atoms with E-state index in [0.717, 1.165) is 23.3 Å². The molecular weight excluding hydrogens is 335 g/mol. The molecule has 0 radical (unpaired) electrons. The Bertz CT molecular complexity index is 684. The van der Waals surface area contributed by atoms with Gasteiger partial charge in [0.25, 0.3) is 5.91 Å². The lowest BCUT2D eigenvalue weighted by atomic mass is 9.96. The van der Waals surface area contributed by atoms with Gasteiger partial charge in [0, 0.05) is 11.4 Å². The van der Waals surface area contributed by atoms with Crippen molar-refractivity contribution < 1.29 is 9.18 Å². The van der Waals surface area contributed by atoms with Gasteiger partial charge < -0.3 is 11.1 Å². The number of rotatable bonds is 5. The minimum atomic E-state index is -0.322. The zero-order valence-corrected chi connectivity index (χ0v) is 14.5. The molecule has 3 rings (SSSR count). The highest BCUT2D eigenvalue weighted by atomic mass is 35.5. The summed E-state index contributed by atoms with van der Waals surface area (Å²) in [6.45, 7) is 2.46. The van der Waals surface area contributed by atoms with E-state index < -0.39 is 0 Å². The number of hydrogen-bond acceptors (Lipinski definition) is 3. The van der Waals surface area contributed by atoms with Crippen molar-refractivity contribution in [2.45, 2.75) is 25.3 Å². The summed E-state index contributed by atoms with van der Waals surface area (Å²) in [4.78, 5) is 14.0. The molecule has 1 aromatic heterocycles. The van der Waals surface area contributed by atoms with Crippen LogP contribution in [0.4, 0.5) is 4.39 Å². The number of hydrogen-bond donors (Lipinski definition) is 2. The molecule has 1 amide bonds. The monoisotopic (exact) mass is 354 g/mol. The molecule has 1 saturated carbocycles. The standard InChI is InChI=1S/C17H19FN2OS.ClH/c1-17(10-19,12-4-5-12)20-16(21)15-9-8-14(22-15)11-2-6-13(18)7-3-11;/h2-3,6-9,12H,4-5,10,19H2,1H3,(H,20,21);1H. The third-order valence-corrected chi connectivity index (χ3v) is 5.39. The number of carbonyl (C=O) groups excluding carboxylic acids is 1. The summed E-state index contributed by atoms with van der Waals surface area (Å²) in [6.07, 6.45) is 2.25. The van der Waals surface area contributed by atoms with Crippen molar-refractivity contribution in [3.8, 4) is 10.4 Å². The fourth-order valence-corrected chi connectivity index (χ4v) is 3.50. The predicted molar refractivity (Wildman–Crippen MR) is 94.6 cm³/mol. The van der Waals surface area contributed by atoms with Crippen molar-refractivity contribution in [3.05, 3.63) is 47.1 Å². The SMILES string of the molecule is CC(CN)(NC(=O)c1ccc(-c2ccc(F)cc2)s1)C1CC1.Cl. The van der Waals surface area contributed by atoms with E-state index in [9.17, 15) is 9.18 Å². The van der Waals surface area contributed by atoms with Gasteiger partial charge in [-0.3, -0.25) is 4.79 Å². The molecule has 6 heteroatoms. The van der Waals surface area contributed by atoms with Crippen LogP contribution in [-0.2, 0) is 0 Å². The molecule has 1 aliphatic carbocycles. The number of nitrogens with one attached hydrogen (secondary N) is 1. The average Bonchev–Trinajstić information content (AvgIpc) is 3.26. The van der Waals surface area contributed by atoms with Gasteiger partial charge in [-0.15, -0.1) is 23.7 Å². The number of carbonyl (C=O) groups is 1. The van der Waals surface area contributed by atoms with Gasteiger partial charge in [0.2, 0.25) is 0 Å². The van der Waals surface area contributed by atoms with Crippen molar-refractivity contribution in [2.24, 2.45) is 11.7 Å². The Hall–Kier alpha value is -1.43. The van der Waals surface area contributed by atoms with E-state index in [1.807, 2.05) is 19.1 Å². The van der Waals surface area contributed by atoms with Crippen LogP contribution >= 0.6 is 23.7 Å². The normalized spacial score (nSPS) is 16.3. The van der Waals surface area contributed by atoms with Crippen molar-refractivity contribution in [1.82, 2.24) is 5.32 Å². The number of nitrogens with two attached hydrogens (primary N) is 1. The Balaban J connectivity index is 0.00000192. The second-order valence-corrected chi connectivity index (χ2v) is 7.10. The molecule has 1 atom stereocenters. The van der Waals surface area contributed by atoms with Crippen molar-refractivity contribution in [3.63, 3.8) is 0 Å². The van der Waals surface area contributed by atoms with Crippen LogP contribution in [0.2, 0.25) is 0 Å². The van der Waals surface area contributed by atoms with Crippen LogP contribution in [0.1, 0.15) is 29.4 Å². The average molecular weight is 355 g/mol. The second-order valence-electron chi connectivity index (χ2n) is 6.02. The van der Waals surface area contributed by atoms with Gasteiger partial charge in [-0.1, -0.05) is 12.1 Å². The molecular formula is C17H20ClFN2OS. The molecule has 3 nitrogen and oxygen atoms in total. The fourth-order valence-electron chi connectivity index (χ4n) is 2.59. The predicted octanol–water partition coefficient (Wildman–Crippen LogP) is 3.83. The largest absolute Gasteiger partial charge is 0.345 e. The van der Waals surface area contributed by atoms with Gasteiger partial charge in [-0.2, -0.15) is 0 Å². The second kappa shape index (κ2) is 6.99. The van der Waals surface area contributed by atoms with Crippen LogP contribution in [0.3, 0.4) is 0 Å². The molecule has 1 unspecified atom stereocenters. The summed E-state index contributed by atoms with van der Waals surface area (Å²) in [5, 5.41) is 3.08. The summed E-state index contributed by atoms with van der Waals surface area (Å²) >= 11 is 1.41. The third-order valence-electron chi connectivity index (χ3n) is 4.26. The van der Waals surface area contributed by atoms with Crippen LogP contribution < -0.4 is 11.1 Å². The molecule has 1 heterocycles. The summed E-state index contributed by atoms with van der Waals surface area (Å²) in [5.41, 5.74) is 6.43. The maximum atomic E-state index is 13.0. The molecule has 1 fully saturated rings. The first-order chi connectivity index (χ1) is 10.5. The fraction of sp³-hybridized carbons (Fsp3) is 0.353. The zero-order chi connectivity index (χ0) is 15.7. The van der Waals surface area contributed by atoms with Gasteiger partial charge in [0.05, 0.1) is 10.4 Å². The van der Waals surface area contributed by atoms with Gasteiger partial charge in [0.1, 0.15) is 5.82 Å². The molecule has 0 saturated heterocycles. The van der Waals surface area contributed by atoms with E-state index in [2.05, 4.69) is 5.32 Å². The van der Waals surface area contributed by atoms with E-state index in [1.165, 1.54) is 23.5 Å². The summed E-state index contributed by atoms with van der Waals surface area (Å²) < 4.78 is 13.0. The van der Waals surface area contributed by atoms with E-state index in [-0.39, 0.29) is 29.7 Å². The molecule has 2 aromatic rings. The minimum absolute atomic E-state index is 0. The first kappa shape index (κ1) is 17.9. The maximum absolute atomic E-state index is 13.0. The molecule has 1 aromatic carbocycles. The lowest BCUT2D eigenvalue weighted by Crippen LogP contribution is -2.53. The molecule has 1 aliphatic rings. The molecule has 0 aliphatic heterocycles. The topological polar surface area (TPSA) is 55.1 Å². The molecule has 124 valence electrons. The minimum Gasteiger partial charge on any atom is -0.345 e. The summed E-state index contributed by atoms with van der Waals surface area (Å²) in [6, 6.07) is 9.99. The Morgan fingerprint density at radius 1 is 1.30 bits per heavy atom. The van der Waals surface area contributed by atoms with Gasteiger partial charge in [-0.25, -0.2) is 4.39 Å². The van der Waals surface area contributed by atoms with Crippen LogP contribution in [0.5, 0.6) is 0 Å². The van der Waals surface area contributed by atoms with Crippen LogP contribution in [0.15, 0.2) is 36.4 Å². The lowest BCUT2D eigenvalue weighted by Gasteiger charge is -2.29. The smallest absolute Gasteiger partial charge is 0.261 e. The highest BCUT2D eigenvalue weighted by Crippen LogP contribution is 2.39. The van der Waals surface area contributed by atoms with E-state index in [4.69, 9.17) is 5.73 Å². The lowest BCUT2D eigenvalue weighted by molar-refractivity contribution is 0.0902. The van der Waals surface area contributed by atoms with Gasteiger partial charge in [0.15, 0.2) is 0 Å². The Morgan fingerprint density at radius 2 is 1.96 bits per heavy atom. The first-order valence-electron chi connectivity index (χ1n) is 7.40. The van der Waals surface area contributed by atoms with Crippen LogP contribution in [0.25, 0.3) is 10.4 Å². The summed E-state index contributed by atoms with van der Waals surface area (Å²) in [5.74, 6) is 0.137. The third kappa shape index (κ3) is 3.91. The van der Waals surface area contributed by atoms with E-state index in [0.29, 0.717) is 17.3 Å². The van der Waals surface area contributed by atoms with E-state index >= 15 is 0 Å². The van der Waals surface area contributed by atoms with Crippen molar-refractivity contribution in [1.29, 1.82) is 0 Å². The van der Waals surface area contributed by atoms with Gasteiger partial charge >= 0.3 is 0 Å². The Labute approximate surface area is 145 Å². The Morgan fingerprint density at radius 3 is 2.52 bits per heavy atom. The Kier molecular flexibility index (Phi) is 5.45. The maximum Gasteiger partial charge on any atom is 0.261 e. The van der Waals surface area contributed by atoms with Crippen LogP contribution in [-0.4, -0.2) is 18.0 Å². The van der Waals surface area contributed by atoms with Crippen molar-refractivity contribution >= 4 is 29.7 Å². The quantitative estimate of drug-likeness (QED) is 0.857. The number of thiophene rings is 1. The number of benzene rings is 1. The van der Waals surface area contributed by atoms with Crippen LogP contribution in [0, 0.1) is 11.7 Å².